The van der Waals surface area contributed by atoms with Gasteiger partial charge in [0.05, 0.1) is 37.5 Å². The normalized spacial score (nSPS) is 36.3. The first-order valence-corrected chi connectivity index (χ1v) is 22.1. The fourth-order valence-corrected chi connectivity index (χ4v) is 12.1. The summed E-state index contributed by atoms with van der Waals surface area (Å²) >= 11 is 7.19. The van der Waals surface area contributed by atoms with Crippen molar-refractivity contribution in [3.05, 3.63) is 0 Å². The monoisotopic (exact) mass is 772 g/mol. The van der Waals surface area contributed by atoms with E-state index in [2.05, 4.69) is 36.5 Å². The third-order valence-corrected chi connectivity index (χ3v) is 15.0. The maximum atomic E-state index is 9.54. The summed E-state index contributed by atoms with van der Waals surface area (Å²) in [5.74, 6) is 2.75. The van der Waals surface area contributed by atoms with Crippen LogP contribution in [0.15, 0.2) is 0 Å². The number of halogens is 2. The van der Waals surface area contributed by atoms with Gasteiger partial charge in [0.2, 0.25) is 0 Å². The molecule has 0 bridgehead atoms. The van der Waals surface area contributed by atoms with Gasteiger partial charge in [0.15, 0.2) is 0 Å². The van der Waals surface area contributed by atoms with Crippen LogP contribution in [0.4, 0.5) is 0 Å². The third kappa shape index (κ3) is 16.8. The maximum absolute atomic E-state index is 9.54. The quantitative estimate of drug-likeness (QED) is 0.0970. The predicted molar refractivity (Wildman–Crippen MR) is 196 cm³/mol. The van der Waals surface area contributed by atoms with Gasteiger partial charge in [-0.25, -0.2) is 0 Å². The molecule has 0 heterocycles. The van der Waals surface area contributed by atoms with Gasteiger partial charge >= 0.3 is 0 Å². The van der Waals surface area contributed by atoms with Gasteiger partial charge in [-0.3, -0.25) is 0 Å². The molecule has 280 valence electrons. The van der Waals surface area contributed by atoms with E-state index in [9.17, 15) is 20.4 Å². The third-order valence-electron chi connectivity index (χ3n) is 10.0. The lowest BCUT2D eigenvalue weighted by atomic mass is 10.0. The summed E-state index contributed by atoms with van der Waals surface area (Å²) in [6.07, 6.45) is 21.2. The summed E-state index contributed by atoms with van der Waals surface area (Å²) in [5, 5.41) is 40.0. The number of quaternary nitrogens is 2. The number of rotatable bonds is 12. The second-order valence-electron chi connectivity index (χ2n) is 12.9. The number of thioether (sulfide) groups is 4. The molecule has 0 aromatic rings. The van der Waals surface area contributed by atoms with E-state index in [0.717, 1.165) is 89.4 Å². The van der Waals surface area contributed by atoms with Gasteiger partial charge in [0.25, 0.3) is 0 Å². The smallest absolute Gasteiger partial charge is 0.0742 e. The van der Waals surface area contributed by atoms with Gasteiger partial charge < -0.3 is 68.2 Å². The Balaban J connectivity index is 0. The molecule has 4 aliphatic carbocycles. The van der Waals surface area contributed by atoms with E-state index in [1.807, 2.05) is 23.5 Å². The molecule has 12 atom stereocenters. The predicted octanol–water partition coefficient (Wildman–Crippen LogP) is -4.07. The number of aliphatic hydroxyl groups is 4. The molecule has 46 heavy (non-hydrogen) atoms. The molecule has 4 fully saturated rings. The van der Waals surface area contributed by atoms with Crippen molar-refractivity contribution in [2.75, 3.05) is 51.2 Å². The van der Waals surface area contributed by atoms with Crippen LogP contribution < -0.4 is 47.7 Å². The standard InChI is InChI=1S/4C8H17NOS.2ClH/c4*1-11-8-6(4-5-9)2-3-7(8)10;;/h4*6-8,10H,2-5,9H2,1H3;2*1H/t4*6-,7-,8-;;/m1100../s1. The molecule has 0 spiro atoms. The van der Waals surface area contributed by atoms with Crippen molar-refractivity contribution in [2.24, 2.45) is 35.1 Å². The Morgan fingerprint density at radius 1 is 0.457 bits per heavy atom. The zero-order valence-electron chi connectivity index (χ0n) is 29.0. The van der Waals surface area contributed by atoms with E-state index in [1.165, 1.54) is 25.7 Å². The van der Waals surface area contributed by atoms with E-state index in [4.69, 9.17) is 11.5 Å². The highest BCUT2D eigenvalue weighted by atomic mass is 35.5. The molecule has 0 radical (unpaired) electrons. The Bertz CT molecular complexity index is 599. The molecular weight excluding hydrogens is 704 g/mol. The average Bonchev–Trinajstić information content (AvgIpc) is 3.76. The van der Waals surface area contributed by atoms with E-state index in [1.54, 1.807) is 23.5 Å². The van der Waals surface area contributed by atoms with Crippen molar-refractivity contribution < 1.29 is 56.7 Å². The van der Waals surface area contributed by atoms with Gasteiger partial charge in [0, 0.05) is 33.8 Å². The van der Waals surface area contributed by atoms with Crippen LogP contribution >= 0.6 is 47.0 Å². The highest BCUT2D eigenvalue weighted by molar-refractivity contribution is 7.99. The fourth-order valence-electron chi connectivity index (χ4n) is 7.70. The Labute approximate surface area is 310 Å². The summed E-state index contributed by atoms with van der Waals surface area (Å²) in [4.78, 5) is 0. The van der Waals surface area contributed by atoms with Crippen molar-refractivity contribution in [1.82, 2.24) is 0 Å². The molecular formula is C32H70Cl2N4O4S4. The number of aliphatic hydroxyl groups excluding tert-OH is 4. The van der Waals surface area contributed by atoms with Crippen molar-refractivity contribution in [3.8, 4) is 0 Å². The SMILES string of the molecule is CS[C@@H]1[C@@H](CCN)CC[C@H]1O.CS[C@@H]1[C@@H](CC[NH3+])CC[C@H]1O.CS[C@H]1[C@H](CCN)CC[C@@H]1O.CS[C@H]1[C@H](CC[NH3+])CC[C@@H]1O.[Cl-].[Cl-]. The maximum Gasteiger partial charge on any atom is 0.0742 e. The zero-order chi connectivity index (χ0) is 33.1. The Morgan fingerprint density at radius 3 is 0.848 bits per heavy atom. The summed E-state index contributed by atoms with van der Waals surface area (Å²) < 4.78 is 0. The van der Waals surface area contributed by atoms with Crippen molar-refractivity contribution in [3.63, 3.8) is 0 Å². The Morgan fingerprint density at radius 2 is 0.674 bits per heavy atom. The van der Waals surface area contributed by atoms with Crippen molar-refractivity contribution in [1.29, 1.82) is 0 Å². The van der Waals surface area contributed by atoms with Crippen LogP contribution in [0.1, 0.15) is 77.0 Å². The van der Waals surface area contributed by atoms with E-state index in [-0.39, 0.29) is 49.2 Å². The highest BCUT2D eigenvalue weighted by Gasteiger charge is 2.36. The molecule has 14 heteroatoms. The average molecular weight is 774 g/mol. The van der Waals surface area contributed by atoms with Crippen LogP contribution in [-0.4, -0.2) is 117 Å². The molecule has 0 amide bonds. The summed E-state index contributed by atoms with van der Waals surface area (Å²) in [7, 11) is 0. The van der Waals surface area contributed by atoms with Crippen LogP contribution in [0.25, 0.3) is 0 Å². The van der Waals surface area contributed by atoms with Gasteiger partial charge in [-0.1, -0.05) is 0 Å². The first-order chi connectivity index (χ1) is 21.2. The molecule has 14 N–H and O–H groups in total. The highest BCUT2D eigenvalue weighted by Crippen LogP contribution is 2.38. The number of hydrogen-bond acceptors (Lipinski definition) is 10. The van der Waals surface area contributed by atoms with E-state index >= 15 is 0 Å². The fraction of sp³-hybridized carbons (Fsp3) is 1.00. The largest absolute Gasteiger partial charge is 1.00 e. The van der Waals surface area contributed by atoms with Crippen LogP contribution in [0.2, 0.25) is 0 Å². The van der Waals surface area contributed by atoms with Gasteiger partial charge in [-0.05, 0) is 126 Å². The lowest BCUT2D eigenvalue weighted by molar-refractivity contribution is -0.370. The van der Waals surface area contributed by atoms with E-state index < -0.39 is 0 Å². The van der Waals surface area contributed by atoms with Gasteiger partial charge in [0.1, 0.15) is 0 Å². The molecule has 8 nitrogen and oxygen atoms in total. The molecule has 4 saturated carbocycles. The summed E-state index contributed by atoms with van der Waals surface area (Å²) in [5.41, 5.74) is 18.7. The topological polar surface area (TPSA) is 188 Å². The second kappa shape index (κ2) is 29.3. The lowest BCUT2D eigenvalue weighted by Crippen LogP contribution is -3.00. The van der Waals surface area contributed by atoms with Crippen LogP contribution in [0.5, 0.6) is 0 Å². The zero-order valence-corrected chi connectivity index (χ0v) is 33.8. The molecule has 0 aromatic carbocycles. The second-order valence-corrected chi connectivity index (χ2v) is 16.9. The van der Waals surface area contributed by atoms with E-state index in [0.29, 0.717) is 32.8 Å². The summed E-state index contributed by atoms with van der Waals surface area (Å²) in [6, 6.07) is 0. The molecule has 0 aliphatic heterocycles. The van der Waals surface area contributed by atoms with Gasteiger partial charge in [-0.15, -0.1) is 0 Å². The Hall–Kier alpha value is 1.66. The van der Waals surface area contributed by atoms with Crippen molar-refractivity contribution >= 4 is 47.0 Å². The van der Waals surface area contributed by atoms with Gasteiger partial charge in [-0.2, -0.15) is 47.0 Å². The van der Waals surface area contributed by atoms with Crippen molar-refractivity contribution in [2.45, 2.75) is 122 Å². The molecule has 0 saturated heterocycles. The first kappa shape index (κ1) is 49.8. The molecule has 0 unspecified atom stereocenters. The molecule has 4 aliphatic rings. The lowest BCUT2D eigenvalue weighted by Gasteiger charge is -2.18. The van der Waals surface area contributed by atoms with Crippen LogP contribution in [-0.2, 0) is 0 Å². The van der Waals surface area contributed by atoms with Crippen LogP contribution in [0, 0.1) is 23.7 Å². The minimum Gasteiger partial charge on any atom is -1.00 e. The first-order valence-electron chi connectivity index (χ1n) is 17.0. The van der Waals surface area contributed by atoms with Crippen LogP contribution in [0.3, 0.4) is 0 Å². The summed E-state index contributed by atoms with van der Waals surface area (Å²) in [6.45, 7) is 3.53. The minimum absolute atomic E-state index is 0. The minimum atomic E-state index is -0.0819. The molecule has 4 rings (SSSR count). The Kier molecular flexibility index (Phi) is 31.7. The number of hydrogen-bond donors (Lipinski definition) is 8. The number of nitrogens with two attached hydrogens (primary N) is 2. The molecule has 0 aromatic heterocycles.